The monoisotopic (exact) mass is 380 g/mol. The quantitative estimate of drug-likeness (QED) is 0.761. The van der Waals surface area contributed by atoms with Gasteiger partial charge in [-0.05, 0) is 61.0 Å². The van der Waals surface area contributed by atoms with E-state index in [2.05, 4.69) is 10.1 Å². The number of alkyl halides is 2. The molecule has 136 valence electrons. The lowest BCUT2D eigenvalue weighted by atomic mass is 9.87. The summed E-state index contributed by atoms with van der Waals surface area (Å²) in [6.07, 6.45) is 5.11. The van der Waals surface area contributed by atoms with Gasteiger partial charge in [0, 0.05) is 0 Å². The van der Waals surface area contributed by atoms with E-state index in [1.54, 1.807) is 23.9 Å². The Morgan fingerprint density at radius 3 is 2.92 bits per heavy atom. The lowest BCUT2D eigenvalue weighted by molar-refractivity contribution is -0.123. The molecule has 24 heavy (non-hydrogen) atoms. The lowest BCUT2D eigenvalue weighted by Gasteiger charge is -2.28. The van der Waals surface area contributed by atoms with Gasteiger partial charge < -0.3 is 15.8 Å². The summed E-state index contributed by atoms with van der Waals surface area (Å²) in [4.78, 5) is 12.2. The first kappa shape index (κ1) is 21.0. The van der Waals surface area contributed by atoms with Crippen molar-refractivity contribution >= 4 is 30.1 Å². The third kappa shape index (κ3) is 5.79. The fraction of sp³-hybridized carbons (Fsp3) is 0.562. The number of hydrogen-bond donors (Lipinski definition) is 2. The average Bonchev–Trinajstić information content (AvgIpc) is 2.52. The third-order valence-electron chi connectivity index (χ3n) is 3.94. The molecule has 0 aliphatic heterocycles. The van der Waals surface area contributed by atoms with Crippen LogP contribution in [0.1, 0.15) is 36.4 Å². The zero-order valence-electron chi connectivity index (χ0n) is 13.5. The van der Waals surface area contributed by atoms with Gasteiger partial charge >= 0.3 is 6.61 Å². The number of benzene rings is 1. The summed E-state index contributed by atoms with van der Waals surface area (Å²) >= 11 is 1.65. The summed E-state index contributed by atoms with van der Waals surface area (Å²) < 4.78 is 29.0. The number of carbonyl (C=O) groups excluding carboxylic acids is 1. The van der Waals surface area contributed by atoms with Gasteiger partial charge in [0.25, 0.3) is 0 Å². The minimum absolute atomic E-state index is 0. The maximum Gasteiger partial charge on any atom is 0.387 e. The lowest BCUT2D eigenvalue weighted by Crippen LogP contribution is -2.43. The van der Waals surface area contributed by atoms with Crippen LogP contribution in [0.5, 0.6) is 5.75 Å². The molecule has 1 aromatic carbocycles. The number of thioether (sulfide) groups is 1. The Bertz CT molecular complexity index is 549. The molecule has 0 bridgehead atoms. The highest BCUT2D eigenvalue weighted by molar-refractivity contribution is 7.98. The second kappa shape index (κ2) is 10.1. The van der Waals surface area contributed by atoms with E-state index in [0.717, 1.165) is 36.1 Å². The van der Waals surface area contributed by atoms with Crippen molar-refractivity contribution in [3.63, 3.8) is 0 Å². The van der Waals surface area contributed by atoms with E-state index >= 15 is 0 Å². The van der Waals surface area contributed by atoms with E-state index < -0.39 is 12.7 Å². The van der Waals surface area contributed by atoms with Crippen molar-refractivity contribution in [2.45, 2.75) is 44.4 Å². The molecule has 4 nitrogen and oxygen atoms in total. The van der Waals surface area contributed by atoms with Gasteiger partial charge in [0.15, 0.2) is 0 Å². The number of halogens is 3. The summed E-state index contributed by atoms with van der Waals surface area (Å²) in [5.41, 5.74) is 7.79. The van der Waals surface area contributed by atoms with Crippen LogP contribution in [-0.4, -0.2) is 30.6 Å². The van der Waals surface area contributed by atoms with Crippen LogP contribution in [0.15, 0.2) is 18.2 Å². The number of nitrogens with two attached hydrogens (primary N) is 1. The zero-order chi connectivity index (χ0) is 16.8. The Hall–Kier alpha value is -1.05. The van der Waals surface area contributed by atoms with Crippen molar-refractivity contribution in [1.29, 1.82) is 0 Å². The molecule has 1 aromatic rings. The Morgan fingerprint density at radius 1 is 1.50 bits per heavy atom. The minimum Gasteiger partial charge on any atom is -0.435 e. The normalized spacial score (nSPS) is 17.6. The van der Waals surface area contributed by atoms with Gasteiger partial charge in [-0.15, -0.1) is 12.4 Å². The van der Waals surface area contributed by atoms with Crippen LogP contribution in [0.4, 0.5) is 8.78 Å². The molecule has 0 saturated carbocycles. The van der Waals surface area contributed by atoms with Crippen LogP contribution in [0.3, 0.4) is 0 Å². The van der Waals surface area contributed by atoms with E-state index in [9.17, 15) is 13.6 Å². The predicted octanol–water partition coefficient (Wildman–Crippen LogP) is 3.28. The fourth-order valence-electron chi connectivity index (χ4n) is 2.77. The maximum atomic E-state index is 12.3. The minimum atomic E-state index is -2.83. The highest BCUT2D eigenvalue weighted by atomic mass is 35.5. The van der Waals surface area contributed by atoms with Crippen LogP contribution < -0.4 is 15.8 Å². The van der Waals surface area contributed by atoms with Crippen molar-refractivity contribution < 1.29 is 18.3 Å². The topological polar surface area (TPSA) is 64.4 Å². The first-order valence-corrected chi connectivity index (χ1v) is 9.03. The summed E-state index contributed by atoms with van der Waals surface area (Å²) in [5.74, 6) is 0.830. The molecule has 0 aromatic heterocycles. The largest absolute Gasteiger partial charge is 0.435 e. The Labute approximate surface area is 151 Å². The number of amides is 1. The van der Waals surface area contributed by atoms with E-state index in [-0.39, 0.29) is 30.1 Å². The molecule has 0 spiro atoms. The molecule has 0 radical (unpaired) electrons. The van der Waals surface area contributed by atoms with Gasteiger partial charge in [-0.3, -0.25) is 4.79 Å². The smallest absolute Gasteiger partial charge is 0.387 e. The molecule has 1 unspecified atom stereocenters. The average molecular weight is 381 g/mol. The molecule has 3 N–H and O–H groups in total. The van der Waals surface area contributed by atoms with Crippen LogP contribution in [0.2, 0.25) is 0 Å². The van der Waals surface area contributed by atoms with Crippen LogP contribution in [0.25, 0.3) is 0 Å². The van der Waals surface area contributed by atoms with Gasteiger partial charge in [0.1, 0.15) is 5.75 Å². The molecular formula is C16H23ClF2N2O2S. The molecule has 1 aliphatic carbocycles. The third-order valence-corrected chi connectivity index (χ3v) is 4.58. The van der Waals surface area contributed by atoms with Crippen molar-refractivity contribution in [1.82, 2.24) is 5.32 Å². The van der Waals surface area contributed by atoms with Crippen molar-refractivity contribution in [3.05, 3.63) is 29.3 Å². The number of hydrogen-bond acceptors (Lipinski definition) is 4. The summed E-state index contributed by atoms with van der Waals surface area (Å²) in [5, 5.41) is 2.98. The Balaban J connectivity index is 0.00000288. The molecule has 1 aliphatic rings. The molecule has 0 fully saturated rings. The maximum absolute atomic E-state index is 12.3. The van der Waals surface area contributed by atoms with Crippen LogP contribution >= 0.6 is 24.2 Å². The van der Waals surface area contributed by atoms with Crippen molar-refractivity contribution in [2.75, 3.05) is 12.0 Å². The number of carbonyl (C=O) groups is 1. The van der Waals surface area contributed by atoms with Gasteiger partial charge in [-0.1, -0.05) is 6.07 Å². The number of nitrogens with one attached hydrogen (secondary N) is 1. The van der Waals surface area contributed by atoms with Gasteiger partial charge in [-0.25, -0.2) is 0 Å². The molecule has 1 amide bonds. The van der Waals surface area contributed by atoms with Gasteiger partial charge in [0.2, 0.25) is 5.91 Å². The van der Waals surface area contributed by atoms with Crippen LogP contribution in [-0.2, 0) is 11.2 Å². The first-order chi connectivity index (χ1) is 11.0. The second-order valence-electron chi connectivity index (χ2n) is 5.58. The Morgan fingerprint density at radius 2 is 2.25 bits per heavy atom. The van der Waals surface area contributed by atoms with E-state index in [1.165, 1.54) is 6.07 Å². The predicted molar refractivity (Wildman–Crippen MR) is 95.1 cm³/mol. The van der Waals surface area contributed by atoms with E-state index in [0.29, 0.717) is 6.42 Å². The van der Waals surface area contributed by atoms with Gasteiger partial charge in [0.05, 0.1) is 12.1 Å². The molecule has 0 saturated heterocycles. The highest BCUT2D eigenvalue weighted by Gasteiger charge is 2.24. The number of fused-ring (bicyclic) bond motifs is 1. The summed E-state index contributed by atoms with van der Waals surface area (Å²) in [6.45, 7) is -2.83. The summed E-state index contributed by atoms with van der Waals surface area (Å²) in [6, 6.07) is 4.27. The number of rotatable bonds is 7. The van der Waals surface area contributed by atoms with E-state index in [4.69, 9.17) is 5.73 Å². The van der Waals surface area contributed by atoms with Crippen molar-refractivity contribution in [3.8, 4) is 5.75 Å². The highest BCUT2D eigenvalue weighted by Crippen LogP contribution is 2.32. The standard InChI is InChI=1S/C16H22F2N2O2S.ClH/c1-23-8-7-13(19)15(21)20-14-4-2-3-10-9-11(22-16(17)18)5-6-12(10)14;/h5-6,9,13-14,16H,2-4,7-8,19H2,1H3,(H,20,21);1H/t13-,14?;/m0./s1. The SMILES string of the molecule is CSCC[C@H](N)C(=O)NC1CCCc2cc(OC(F)F)ccc21.Cl. The second-order valence-corrected chi connectivity index (χ2v) is 6.57. The zero-order valence-corrected chi connectivity index (χ0v) is 15.1. The van der Waals surface area contributed by atoms with Crippen LogP contribution in [0, 0.1) is 0 Å². The van der Waals surface area contributed by atoms with Gasteiger partial charge in [-0.2, -0.15) is 20.5 Å². The fourth-order valence-corrected chi connectivity index (χ4v) is 3.26. The first-order valence-electron chi connectivity index (χ1n) is 7.63. The molecule has 8 heteroatoms. The molecule has 0 heterocycles. The molecule has 2 atom stereocenters. The number of aryl methyl sites for hydroxylation is 1. The number of ether oxygens (including phenoxy) is 1. The summed E-state index contributed by atoms with van der Waals surface area (Å²) in [7, 11) is 0. The Kier molecular flexibility index (Phi) is 8.80. The molecule has 2 rings (SSSR count). The molecular weight excluding hydrogens is 358 g/mol. The van der Waals surface area contributed by atoms with E-state index in [1.807, 2.05) is 6.26 Å². The van der Waals surface area contributed by atoms with Crippen molar-refractivity contribution in [2.24, 2.45) is 5.73 Å².